The first-order valence-electron chi connectivity index (χ1n) is 5.63. The Hall–Kier alpha value is -1.65. The molecule has 0 saturated heterocycles. The highest BCUT2D eigenvalue weighted by Gasteiger charge is 2.32. The quantitative estimate of drug-likeness (QED) is 0.794. The van der Waals surface area contributed by atoms with Gasteiger partial charge in [0.2, 0.25) is 0 Å². The van der Waals surface area contributed by atoms with Gasteiger partial charge in [-0.05, 0) is 30.9 Å². The highest BCUT2D eigenvalue weighted by Crippen LogP contribution is 2.33. The molecule has 98 valence electrons. The van der Waals surface area contributed by atoms with Crippen LogP contribution < -0.4 is 9.47 Å². The average molecular weight is 258 g/mol. The zero-order chi connectivity index (χ0) is 13.2. The smallest absolute Gasteiger partial charge is 0.493 e. The first-order valence-corrected chi connectivity index (χ1v) is 5.63. The molecule has 0 radical (unpaired) electrons. The highest BCUT2D eigenvalue weighted by atomic mass is 19.4. The van der Waals surface area contributed by atoms with Crippen molar-refractivity contribution in [3.63, 3.8) is 0 Å². The Kier molecular flexibility index (Phi) is 3.50. The predicted octanol–water partition coefficient (Wildman–Crippen LogP) is 4.02. The van der Waals surface area contributed by atoms with Crippen LogP contribution in [0.15, 0.2) is 24.8 Å². The Morgan fingerprint density at radius 3 is 2.61 bits per heavy atom. The maximum absolute atomic E-state index is 12.2. The lowest BCUT2D eigenvalue weighted by atomic mass is 10.2. The summed E-state index contributed by atoms with van der Waals surface area (Å²) in [6.45, 7) is 3.99. The van der Waals surface area contributed by atoms with Gasteiger partial charge in [-0.3, -0.25) is 0 Å². The molecule has 1 aliphatic carbocycles. The fourth-order valence-corrected chi connectivity index (χ4v) is 1.48. The summed E-state index contributed by atoms with van der Waals surface area (Å²) < 4.78 is 46.0. The standard InChI is InChI=1S/C13H13F3O2/c1-2-10-5-6-11(17-8-9-3-4-9)7-12(10)18-13(14,15)16/h2,5-7,9H,1,3-4,8H2. The molecule has 1 saturated carbocycles. The number of hydrogen-bond acceptors (Lipinski definition) is 2. The van der Waals surface area contributed by atoms with Crippen LogP contribution in [0.25, 0.3) is 6.08 Å². The van der Waals surface area contributed by atoms with E-state index in [0.717, 1.165) is 12.8 Å². The zero-order valence-corrected chi connectivity index (χ0v) is 9.67. The fraction of sp³-hybridized carbons (Fsp3) is 0.385. The van der Waals surface area contributed by atoms with E-state index < -0.39 is 6.36 Å². The third-order valence-corrected chi connectivity index (χ3v) is 2.61. The lowest BCUT2D eigenvalue weighted by Crippen LogP contribution is -2.17. The lowest BCUT2D eigenvalue weighted by molar-refractivity contribution is -0.274. The van der Waals surface area contributed by atoms with Crippen LogP contribution in [0.4, 0.5) is 13.2 Å². The minimum atomic E-state index is -4.72. The van der Waals surface area contributed by atoms with Crippen molar-refractivity contribution in [2.24, 2.45) is 5.92 Å². The van der Waals surface area contributed by atoms with Crippen molar-refractivity contribution >= 4 is 6.08 Å². The maximum Gasteiger partial charge on any atom is 0.573 e. The monoisotopic (exact) mass is 258 g/mol. The summed E-state index contributed by atoms with van der Waals surface area (Å²) in [4.78, 5) is 0. The molecule has 5 heteroatoms. The van der Waals surface area contributed by atoms with Crippen molar-refractivity contribution < 1.29 is 22.6 Å². The highest BCUT2D eigenvalue weighted by molar-refractivity contribution is 5.57. The molecular formula is C13H13F3O2. The van der Waals surface area contributed by atoms with Crippen molar-refractivity contribution in [2.45, 2.75) is 19.2 Å². The van der Waals surface area contributed by atoms with E-state index in [4.69, 9.17) is 4.74 Å². The largest absolute Gasteiger partial charge is 0.573 e. The van der Waals surface area contributed by atoms with Crippen molar-refractivity contribution in [1.29, 1.82) is 0 Å². The number of hydrogen-bond donors (Lipinski definition) is 0. The second kappa shape index (κ2) is 4.92. The van der Waals surface area contributed by atoms with Crippen LogP contribution in [0.3, 0.4) is 0 Å². The molecule has 0 amide bonds. The molecule has 0 heterocycles. The van der Waals surface area contributed by atoms with Crippen molar-refractivity contribution in [1.82, 2.24) is 0 Å². The van der Waals surface area contributed by atoms with Crippen LogP contribution in [0.2, 0.25) is 0 Å². The minimum absolute atomic E-state index is 0.283. The van der Waals surface area contributed by atoms with Crippen LogP contribution in [-0.2, 0) is 0 Å². The van der Waals surface area contributed by atoms with Crippen LogP contribution in [0.1, 0.15) is 18.4 Å². The Morgan fingerprint density at radius 2 is 2.06 bits per heavy atom. The fourth-order valence-electron chi connectivity index (χ4n) is 1.48. The third kappa shape index (κ3) is 3.68. The van der Waals surface area contributed by atoms with Gasteiger partial charge in [0, 0.05) is 11.6 Å². The normalized spacial score (nSPS) is 15.3. The molecule has 0 bridgehead atoms. The van der Waals surface area contributed by atoms with Crippen LogP contribution in [-0.4, -0.2) is 13.0 Å². The van der Waals surface area contributed by atoms with Gasteiger partial charge in [-0.15, -0.1) is 13.2 Å². The molecular weight excluding hydrogens is 245 g/mol. The first-order chi connectivity index (χ1) is 8.48. The topological polar surface area (TPSA) is 18.5 Å². The number of ether oxygens (including phenoxy) is 2. The summed E-state index contributed by atoms with van der Waals surface area (Å²) in [5.41, 5.74) is 0.283. The summed E-state index contributed by atoms with van der Waals surface area (Å²) >= 11 is 0. The molecule has 0 aliphatic heterocycles. The van der Waals surface area contributed by atoms with Crippen molar-refractivity contribution in [2.75, 3.05) is 6.61 Å². The van der Waals surface area contributed by atoms with E-state index >= 15 is 0 Å². The second-order valence-electron chi connectivity index (χ2n) is 4.21. The zero-order valence-electron chi connectivity index (χ0n) is 9.67. The summed E-state index contributed by atoms with van der Waals surface area (Å²) in [5.74, 6) is 0.633. The second-order valence-corrected chi connectivity index (χ2v) is 4.21. The number of halogens is 3. The maximum atomic E-state index is 12.2. The van der Waals surface area contributed by atoms with Gasteiger partial charge in [-0.1, -0.05) is 12.7 Å². The van der Waals surface area contributed by atoms with E-state index in [9.17, 15) is 13.2 Å². The van der Waals surface area contributed by atoms with Gasteiger partial charge in [-0.25, -0.2) is 0 Å². The molecule has 1 aromatic rings. The van der Waals surface area contributed by atoms with Gasteiger partial charge in [0.05, 0.1) is 6.61 Å². The van der Waals surface area contributed by atoms with Gasteiger partial charge in [0.15, 0.2) is 0 Å². The van der Waals surface area contributed by atoms with E-state index in [1.807, 2.05) is 0 Å². The van der Waals surface area contributed by atoms with Crippen molar-refractivity contribution in [3.8, 4) is 11.5 Å². The molecule has 1 aliphatic rings. The van der Waals surface area contributed by atoms with Crippen LogP contribution >= 0.6 is 0 Å². The van der Waals surface area contributed by atoms with Gasteiger partial charge in [-0.2, -0.15) is 0 Å². The van der Waals surface area contributed by atoms with E-state index in [1.54, 1.807) is 6.07 Å². The van der Waals surface area contributed by atoms with Crippen LogP contribution in [0.5, 0.6) is 11.5 Å². The van der Waals surface area contributed by atoms with Crippen LogP contribution in [0, 0.1) is 5.92 Å². The molecule has 18 heavy (non-hydrogen) atoms. The van der Waals surface area contributed by atoms with Gasteiger partial charge >= 0.3 is 6.36 Å². The van der Waals surface area contributed by atoms with Gasteiger partial charge < -0.3 is 9.47 Å². The predicted molar refractivity (Wildman–Crippen MR) is 61.4 cm³/mol. The molecule has 1 fully saturated rings. The Balaban J connectivity index is 2.12. The molecule has 1 aromatic carbocycles. The Bertz CT molecular complexity index is 436. The van der Waals surface area contributed by atoms with Gasteiger partial charge in [0.25, 0.3) is 0 Å². The Morgan fingerprint density at radius 1 is 1.33 bits per heavy atom. The molecule has 2 nitrogen and oxygen atoms in total. The Labute approximate surface area is 103 Å². The van der Waals surface area contributed by atoms with E-state index in [2.05, 4.69) is 11.3 Å². The molecule has 0 spiro atoms. The number of rotatable bonds is 5. The number of benzene rings is 1. The van der Waals surface area contributed by atoms with E-state index in [-0.39, 0.29) is 11.3 Å². The van der Waals surface area contributed by atoms with E-state index in [0.29, 0.717) is 18.3 Å². The van der Waals surface area contributed by atoms with E-state index in [1.165, 1.54) is 18.2 Å². The van der Waals surface area contributed by atoms with Gasteiger partial charge in [0.1, 0.15) is 11.5 Å². The average Bonchev–Trinajstić information content (AvgIpc) is 3.08. The summed E-state index contributed by atoms with van der Waals surface area (Å²) in [6.07, 6.45) is -1.16. The first kappa shape index (κ1) is 12.8. The molecule has 0 atom stereocenters. The molecule has 0 unspecified atom stereocenters. The third-order valence-electron chi connectivity index (χ3n) is 2.61. The van der Waals surface area contributed by atoms with Crippen molar-refractivity contribution in [3.05, 3.63) is 30.3 Å². The minimum Gasteiger partial charge on any atom is -0.493 e. The molecule has 0 N–H and O–H groups in total. The number of alkyl halides is 3. The molecule has 2 rings (SSSR count). The lowest BCUT2D eigenvalue weighted by Gasteiger charge is -2.13. The summed E-state index contributed by atoms with van der Waals surface area (Å²) in [7, 11) is 0. The summed E-state index contributed by atoms with van der Waals surface area (Å²) in [5, 5.41) is 0. The summed E-state index contributed by atoms with van der Waals surface area (Å²) in [6, 6.07) is 4.35. The molecule has 0 aromatic heterocycles. The SMILES string of the molecule is C=Cc1ccc(OCC2CC2)cc1OC(F)(F)F.